The number of rotatable bonds is 2. The molecule has 0 unspecified atom stereocenters. The minimum absolute atomic E-state index is 0.219. The van der Waals surface area contributed by atoms with E-state index >= 15 is 0 Å². The molecule has 2 aromatic carbocycles. The van der Waals surface area contributed by atoms with E-state index in [9.17, 15) is 4.39 Å². The summed E-state index contributed by atoms with van der Waals surface area (Å²) in [7, 11) is 0. The molecule has 4 heteroatoms. The van der Waals surface area contributed by atoms with Crippen LogP contribution in [0.1, 0.15) is 0 Å². The van der Waals surface area contributed by atoms with Crippen molar-refractivity contribution in [2.24, 2.45) is 4.99 Å². The van der Waals surface area contributed by atoms with Gasteiger partial charge in [-0.05, 0) is 64.6 Å². The average molecular weight is 355 g/mol. The van der Waals surface area contributed by atoms with Gasteiger partial charge in [0, 0.05) is 9.13 Å². The Bertz CT molecular complexity index is 589. The summed E-state index contributed by atoms with van der Waals surface area (Å²) < 4.78 is 14.6. The first-order valence-electron chi connectivity index (χ1n) is 4.84. The van der Waals surface area contributed by atoms with E-state index in [0.29, 0.717) is 5.56 Å². The molecule has 0 bridgehead atoms. The van der Waals surface area contributed by atoms with Crippen LogP contribution < -0.4 is 0 Å². The normalized spacial score (nSPS) is 9.76. The minimum atomic E-state index is -0.219. The summed E-state index contributed by atoms with van der Waals surface area (Å²) in [6, 6.07) is 12.4. The second-order valence-corrected chi connectivity index (χ2v) is 4.80. The number of thiocarbonyl (C=S) groups is 1. The standard InChI is InChI=1S/C13H7FINS/c14-13-7-10(15)3-6-12(13)9-1-4-11(5-2-9)16-8-17/h1-7H. The molecule has 0 aliphatic heterocycles. The molecule has 17 heavy (non-hydrogen) atoms. The third-order valence-electron chi connectivity index (χ3n) is 2.28. The number of halogens is 2. The van der Waals surface area contributed by atoms with E-state index in [4.69, 9.17) is 0 Å². The second-order valence-electron chi connectivity index (χ2n) is 3.37. The van der Waals surface area contributed by atoms with Gasteiger partial charge in [-0.25, -0.2) is 4.39 Å². The Labute approximate surface area is 118 Å². The predicted molar refractivity (Wildman–Crippen MR) is 79.2 cm³/mol. The Balaban J connectivity index is 2.43. The molecule has 0 aliphatic rings. The van der Waals surface area contributed by atoms with Crippen molar-refractivity contribution in [3.8, 4) is 11.1 Å². The molecule has 0 aromatic heterocycles. The van der Waals surface area contributed by atoms with Gasteiger partial charge in [-0.15, -0.1) is 0 Å². The number of hydrogen-bond donors (Lipinski definition) is 0. The molecule has 0 N–H and O–H groups in total. The van der Waals surface area contributed by atoms with Crippen molar-refractivity contribution in [1.29, 1.82) is 0 Å². The molecule has 0 spiro atoms. The lowest BCUT2D eigenvalue weighted by Gasteiger charge is -2.04. The van der Waals surface area contributed by atoms with Crippen LogP contribution in [0.3, 0.4) is 0 Å². The van der Waals surface area contributed by atoms with Crippen molar-refractivity contribution >= 4 is 45.7 Å². The van der Waals surface area contributed by atoms with E-state index in [1.165, 1.54) is 6.07 Å². The molecule has 0 heterocycles. The van der Waals surface area contributed by atoms with Crippen LogP contribution in [-0.2, 0) is 0 Å². The first-order chi connectivity index (χ1) is 8.20. The van der Waals surface area contributed by atoms with Gasteiger partial charge in [-0.3, -0.25) is 0 Å². The number of nitrogens with zero attached hydrogens (tertiary/aromatic N) is 1. The largest absolute Gasteiger partial charge is 0.206 e. The zero-order valence-electron chi connectivity index (χ0n) is 8.65. The van der Waals surface area contributed by atoms with Crippen LogP contribution in [0.25, 0.3) is 11.1 Å². The lowest BCUT2D eigenvalue weighted by Crippen LogP contribution is -1.85. The SMILES string of the molecule is Fc1cc(I)ccc1-c1ccc(N=C=S)cc1. The molecule has 0 saturated carbocycles. The Morgan fingerprint density at radius 1 is 1.12 bits per heavy atom. The summed E-state index contributed by atoms with van der Waals surface area (Å²) in [5.74, 6) is -0.219. The van der Waals surface area contributed by atoms with Gasteiger partial charge in [0.1, 0.15) is 5.82 Å². The van der Waals surface area contributed by atoms with Crippen LogP contribution in [0.15, 0.2) is 47.5 Å². The van der Waals surface area contributed by atoms with Crippen molar-refractivity contribution in [2.75, 3.05) is 0 Å². The van der Waals surface area contributed by atoms with Gasteiger partial charge in [0.25, 0.3) is 0 Å². The zero-order chi connectivity index (χ0) is 12.3. The third kappa shape index (κ3) is 2.97. The van der Waals surface area contributed by atoms with E-state index in [1.807, 2.05) is 18.2 Å². The Kier molecular flexibility index (Phi) is 3.99. The molecule has 0 radical (unpaired) electrons. The van der Waals surface area contributed by atoms with Crippen molar-refractivity contribution in [3.63, 3.8) is 0 Å². The lowest BCUT2D eigenvalue weighted by atomic mass is 10.1. The predicted octanol–water partition coefficient (Wildman–Crippen LogP) is 4.83. The van der Waals surface area contributed by atoms with Crippen molar-refractivity contribution in [3.05, 3.63) is 51.9 Å². The second kappa shape index (κ2) is 5.49. The first-order valence-corrected chi connectivity index (χ1v) is 6.33. The van der Waals surface area contributed by atoms with Gasteiger partial charge in [0.05, 0.1) is 10.8 Å². The maximum absolute atomic E-state index is 13.7. The highest BCUT2D eigenvalue weighted by atomic mass is 127. The first kappa shape index (κ1) is 12.4. The fraction of sp³-hybridized carbons (Fsp3) is 0. The summed E-state index contributed by atoms with van der Waals surface area (Å²) >= 11 is 6.60. The number of hydrogen-bond acceptors (Lipinski definition) is 2. The van der Waals surface area contributed by atoms with Gasteiger partial charge in [-0.2, -0.15) is 4.99 Å². The number of benzene rings is 2. The van der Waals surface area contributed by atoms with Crippen LogP contribution in [0.4, 0.5) is 10.1 Å². The summed E-state index contributed by atoms with van der Waals surface area (Å²) in [6.45, 7) is 0. The van der Waals surface area contributed by atoms with Crippen LogP contribution >= 0.6 is 34.8 Å². The van der Waals surface area contributed by atoms with Crippen molar-refractivity contribution < 1.29 is 4.39 Å². The van der Waals surface area contributed by atoms with Crippen LogP contribution in [-0.4, -0.2) is 5.16 Å². The molecule has 0 atom stereocenters. The number of aliphatic imine (C=N–C) groups is 1. The summed E-state index contributed by atoms with van der Waals surface area (Å²) in [6.07, 6.45) is 0. The van der Waals surface area contributed by atoms with E-state index < -0.39 is 0 Å². The van der Waals surface area contributed by atoms with Gasteiger partial charge in [0.15, 0.2) is 0 Å². The summed E-state index contributed by atoms with van der Waals surface area (Å²) in [4.78, 5) is 3.85. The molecule has 0 fully saturated rings. The summed E-state index contributed by atoms with van der Waals surface area (Å²) in [5.41, 5.74) is 2.13. The topological polar surface area (TPSA) is 12.4 Å². The minimum Gasteiger partial charge on any atom is -0.206 e. The Morgan fingerprint density at radius 2 is 1.82 bits per heavy atom. The molecule has 0 saturated heterocycles. The highest BCUT2D eigenvalue weighted by Crippen LogP contribution is 2.26. The third-order valence-corrected chi connectivity index (χ3v) is 3.05. The highest BCUT2D eigenvalue weighted by molar-refractivity contribution is 14.1. The van der Waals surface area contributed by atoms with Gasteiger partial charge < -0.3 is 0 Å². The fourth-order valence-corrected chi connectivity index (χ4v) is 2.05. The van der Waals surface area contributed by atoms with E-state index in [1.54, 1.807) is 18.2 Å². The molecule has 2 rings (SSSR count). The zero-order valence-corrected chi connectivity index (χ0v) is 11.6. The van der Waals surface area contributed by atoms with Gasteiger partial charge >= 0.3 is 0 Å². The molecular formula is C13H7FINS. The molecule has 1 nitrogen and oxygen atoms in total. The quantitative estimate of drug-likeness (QED) is 0.427. The summed E-state index contributed by atoms with van der Waals surface area (Å²) in [5, 5.41) is 2.30. The van der Waals surface area contributed by atoms with Crippen LogP contribution in [0, 0.1) is 9.39 Å². The maximum atomic E-state index is 13.7. The van der Waals surface area contributed by atoms with Crippen LogP contribution in [0.2, 0.25) is 0 Å². The Hall–Kier alpha value is -1.10. The number of isothiocyanates is 1. The Morgan fingerprint density at radius 3 is 2.41 bits per heavy atom. The fourth-order valence-electron chi connectivity index (χ4n) is 1.49. The molecular weight excluding hydrogens is 348 g/mol. The van der Waals surface area contributed by atoms with Gasteiger partial charge in [0.2, 0.25) is 0 Å². The highest BCUT2D eigenvalue weighted by Gasteiger charge is 2.05. The average Bonchev–Trinajstić information content (AvgIpc) is 2.31. The molecule has 0 amide bonds. The molecule has 0 aliphatic carbocycles. The van der Waals surface area contributed by atoms with Crippen molar-refractivity contribution in [1.82, 2.24) is 0 Å². The van der Waals surface area contributed by atoms with Gasteiger partial charge in [-0.1, -0.05) is 18.2 Å². The smallest absolute Gasteiger partial charge is 0.132 e. The maximum Gasteiger partial charge on any atom is 0.132 e. The monoisotopic (exact) mass is 355 g/mol. The van der Waals surface area contributed by atoms with Crippen LogP contribution in [0.5, 0.6) is 0 Å². The lowest BCUT2D eigenvalue weighted by molar-refractivity contribution is 0.630. The van der Waals surface area contributed by atoms with E-state index in [2.05, 4.69) is 45.0 Å². The van der Waals surface area contributed by atoms with E-state index in [0.717, 1.165) is 14.8 Å². The van der Waals surface area contributed by atoms with Crippen molar-refractivity contribution in [2.45, 2.75) is 0 Å². The van der Waals surface area contributed by atoms with E-state index in [-0.39, 0.29) is 5.82 Å². The molecule has 84 valence electrons. The molecule has 2 aromatic rings.